The monoisotopic (exact) mass is 362 g/mol. The van der Waals surface area contributed by atoms with Crippen LogP contribution < -0.4 is 4.74 Å². The highest BCUT2D eigenvalue weighted by Crippen LogP contribution is 2.27. The molecule has 0 aromatic heterocycles. The van der Waals surface area contributed by atoms with Gasteiger partial charge in [-0.3, -0.25) is 0 Å². The van der Waals surface area contributed by atoms with Crippen molar-refractivity contribution in [3.63, 3.8) is 0 Å². The van der Waals surface area contributed by atoms with E-state index in [1.54, 1.807) is 18.2 Å². The molecule has 19 heavy (non-hydrogen) atoms. The number of hydrogen-bond acceptors (Lipinski definition) is 1. The molecule has 0 fully saturated rings. The van der Waals surface area contributed by atoms with Crippen molar-refractivity contribution in [2.75, 3.05) is 0 Å². The molecule has 2 aromatic rings. The van der Waals surface area contributed by atoms with E-state index in [1.807, 2.05) is 12.1 Å². The minimum absolute atomic E-state index is 0.141. The second-order valence-corrected chi connectivity index (χ2v) is 5.48. The fraction of sp³-hybridized carbons (Fsp3) is 0.143. The van der Waals surface area contributed by atoms with E-state index in [4.69, 9.17) is 27.9 Å². The van der Waals surface area contributed by atoms with Crippen LogP contribution in [-0.2, 0) is 12.5 Å². The van der Waals surface area contributed by atoms with Crippen LogP contribution >= 0.6 is 39.1 Å². The Bertz CT molecular complexity index is 590. The van der Waals surface area contributed by atoms with Crippen LogP contribution in [0.1, 0.15) is 11.1 Å². The first-order chi connectivity index (χ1) is 9.10. The van der Waals surface area contributed by atoms with Gasteiger partial charge >= 0.3 is 0 Å². The molecule has 0 unspecified atom stereocenters. The molecule has 0 aliphatic rings. The molecule has 0 bridgehead atoms. The van der Waals surface area contributed by atoms with Crippen molar-refractivity contribution in [3.8, 4) is 5.75 Å². The van der Waals surface area contributed by atoms with Crippen LogP contribution in [0.5, 0.6) is 5.75 Å². The van der Waals surface area contributed by atoms with Gasteiger partial charge in [0.2, 0.25) is 0 Å². The molecule has 0 N–H and O–H groups in total. The molecule has 0 spiro atoms. The van der Waals surface area contributed by atoms with Crippen LogP contribution in [0.15, 0.2) is 40.9 Å². The fourth-order valence-electron chi connectivity index (χ4n) is 1.54. The molecule has 0 amide bonds. The van der Waals surface area contributed by atoms with Crippen molar-refractivity contribution >= 4 is 39.1 Å². The molecule has 100 valence electrons. The highest BCUT2D eigenvalue weighted by molar-refractivity contribution is 9.10. The van der Waals surface area contributed by atoms with Crippen molar-refractivity contribution < 1.29 is 9.13 Å². The molecule has 5 heteroatoms. The van der Waals surface area contributed by atoms with Gasteiger partial charge in [0, 0.05) is 16.5 Å². The molecule has 1 nitrogen and oxygen atoms in total. The zero-order valence-corrected chi connectivity index (χ0v) is 12.9. The minimum Gasteiger partial charge on any atom is -0.488 e. The Kier molecular flexibility index (Phi) is 5.08. The predicted octanol–water partition coefficient (Wildman–Crippen LogP) is 5.56. The Morgan fingerprint density at radius 1 is 1.16 bits per heavy atom. The van der Waals surface area contributed by atoms with Crippen LogP contribution in [0, 0.1) is 5.82 Å². The molecule has 2 aromatic carbocycles. The van der Waals surface area contributed by atoms with E-state index in [9.17, 15) is 4.39 Å². The predicted molar refractivity (Wildman–Crippen MR) is 79.4 cm³/mol. The average Bonchev–Trinajstić information content (AvgIpc) is 2.39. The number of ether oxygens (including phenoxy) is 1. The Morgan fingerprint density at radius 2 is 1.95 bits per heavy atom. The second-order valence-electron chi connectivity index (χ2n) is 3.92. The van der Waals surface area contributed by atoms with E-state index >= 15 is 0 Å². The van der Waals surface area contributed by atoms with Crippen molar-refractivity contribution in [1.82, 2.24) is 0 Å². The topological polar surface area (TPSA) is 9.23 Å². The SMILES string of the molecule is Fc1cc(Cl)ccc1COc1ccc(CCl)cc1Br. The average molecular weight is 364 g/mol. The lowest BCUT2D eigenvalue weighted by molar-refractivity contribution is 0.298. The van der Waals surface area contributed by atoms with Gasteiger partial charge in [0.15, 0.2) is 0 Å². The van der Waals surface area contributed by atoms with Crippen molar-refractivity contribution in [2.24, 2.45) is 0 Å². The third-order valence-electron chi connectivity index (χ3n) is 2.55. The van der Waals surface area contributed by atoms with Crippen LogP contribution in [0.3, 0.4) is 0 Å². The fourth-order valence-corrected chi connectivity index (χ4v) is 2.40. The summed E-state index contributed by atoms with van der Waals surface area (Å²) in [6, 6.07) is 10.1. The Morgan fingerprint density at radius 3 is 2.58 bits per heavy atom. The van der Waals surface area contributed by atoms with Gasteiger partial charge in [-0.2, -0.15) is 0 Å². The first-order valence-corrected chi connectivity index (χ1v) is 7.22. The van der Waals surface area contributed by atoms with Crippen LogP contribution in [0.2, 0.25) is 5.02 Å². The van der Waals surface area contributed by atoms with E-state index in [1.165, 1.54) is 6.07 Å². The van der Waals surface area contributed by atoms with Gasteiger partial charge in [-0.15, -0.1) is 11.6 Å². The second kappa shape index (κ2) is 6.60. The zero-order valence-electron chi connectivity index (χ0n) is 9.80. The molecule has 2 rings (SSSR count). The van der Waals surface area contributed by atoms with E-state index in [-0.39, 0.29) is 12.4 Å². The molecule has 0 atom stereocenters. The maximum Gasteiger partial charge on any atom is 0.134 e. The smallest absolute Gasteiger partial charge is 0.134 e. The molecule has 0 saturated carbocycles. The summed E-state index contributed by atoms with van der Waals surface area (Å²) in [5, 5.41) is 0.369. The number of hydrogen-bond donors (Lipinski definition) is 0. The molecule has 0 aliphatic carbocycles. The molecular formula is C14H10BrCl2FO. The molecule has 0 radical (unpaired) electrons. The van der Waals surface area contributed by atoms with Gasteiger partial charge in [-0.1, -0.05) is 23.7 Å². The van der Waals surface area contributed by atoms with Gasteiger partial charge in [-0.05, 0) is 45.8 Å². The van der Waals surface area contributed by atoms with Gasteiger partial charge in [0.25, 0.3) is 0 Å². The van der Waals surface area contributed by atoms with Gasteiger partial charge in [-0.25, -0.2) is 4.39 Å². The zero-order chi connectivity index (χ0) is 13.8. The number of rotatable bonds is 4. The van der Waals surface area contributed by atoms with Gasteiger partial charge < -0.3 is 4.74 Å². The van der Waals surface area contributed by atoms with E-state index in [2.05, 4.69) is 15.9 Å². The van der Waals surface area contributed by atoms with E-state index < -0.39 is 0 Å². The molecule has 0 heterocycles. The maximum atomic E-state index is 13.6. The lowest BCUT2D eigenvalue weighted by Gasteiger charge is -2.10. The Balaban J connectivity index is 2.10. The van der Waals surface area contributed by atoms with Crippen molar-refractivity contribution in [2.45, 2.75) is 12.5 Å². The van der Waals surface area contributed by atoms with Crippen LogP contribution in [0.25, 0.3) is 0 Å². The summed E-state index contributed by atoms with van der Waals surface area (Å²) in [4.78, 5) is 0. The lowest BCUT2D eigenvalue weighted by atomic mass is 10.2. The summed E-state index contributed by atoms with van der Waals surface area (Å²) in [7, 11) is 0. The maximum absolute atomic E-state index is 13.6. The van der Waals surface area contributed by atoms with Crippen LogP contribution in [0.4, 0.5) is 4.39 Å². The van der Waals surface area contributed by atoms with E-state index in [0.717, 1.165) is 10.0 Å². The molecular weight excluding hydrogens is 354 g/mol. The third-order valence-corrected chi connectivity index (χ3v) is 3.71. The summed E-state index contributed by atoms with van der Waals surface area (Å²) in [5.74, 6) is 0.703. The first kappa shape index (κ1) is 14.6. The molecule has 0 saturated heterocycles. The number of halogens is 4. The number of benzene rings is 2. The first-order valence-electron chi connectivity index (χ1n) is 5.51. The summed E-state index contributed by atoms with van der Waals surface area (Å²) in [6.45, 7) is 0.141. The molecule has 0 aliphatic heterocycles. The summed E-state index contributed by atoms with van der Waals surface area (Å²) < 4.78 is 19.9. The number of alkyl halides is 1. The van der Waals surface area contributed by atoms with Crippen LogP contribution in [-0.4, -0.2) is 0 Å². The van der Waals surface area contributed by atoms with Crippen molar-refractivity contribution in [3.05, 3.63) is 62.8 Å². The highest BCUT2D eigenvalue weighted by atomic mass is 79.9. The standard InChI is InChI=1S/C14H10BrCl2FO/c15-12-5-9(7-16)1-4-14(12)19-8-10-2-3-11(17)6-13(10)18/h1-6H,7-8H2. The summed E-state index contributed by atoms with van der Waals surface area (Å²) in [6.07, 6.45) is 0. The Labute approximate surface area is 129 Å². The lowest BCUT2D eigenvalue weighted by Crippen LogP contribution is -1.99. The summed E-state index contributed by atoms with van der Waals surface area (Å²) in [5.41, 5.74) is 1.44. The quantitative estimate of drug-likeness (QED) is 0.646. The van der Waals surface area contributed by atoms with Crippen molar-refractivity contribution in [1.29, 1.82) is 0 Å². The largest absolute Gasteiger partial charge is 0.488 e. The summed E-state index contributed by atoms with van der Waals surface area (Å²) >= 11 is 14.8. The van der Waals surface area contributed by atoms with E-state index in [0.29, 0.717) is 22.2 Å². The van der Waals surface area contributed by atoms with Gasteiger partial charge in [0.1, 0.15) is 18.2 Å². The van der Waals surface area contributed by atoms with Gasteiger partial charge in [0.05, 0.1) is 4.47 Å². The third kappa shape index (κ3) is 3.85. The highest BCUT2D eigenvalue weighted by Gasteiger charge is 2.06. The Hall–Kier alpha value is -0.770. The minimum atomic E-state index is -0.374. The normalized spacial score (nSPS) is 10.5.